The number of allylic oxidation sites excluding steroid dienone is 1. The lowest BCUT2D eigenvalue weighted by molar-refractivity contribution is 0.183. The number of amides is 2. The van der Waals surface area contributed by atoms with Crippen molar-refractivity contribution in [1.82, 2.24) is 9.80 Å². The first-order valence-corrected chi connectivity index (χ1v) is 7.96. The third-order valence-electron chi connectivity index (χ3n) is 4.47. The van der Waals surface area contributed by atoms with E-state index in [1.165, 1.54) is 30.4 Å². The van der Waals surface area contributed by atoms with Crippen molar-refractivity contribution in [1.29, 1.82) is 0 Å². The van der Waals surface area contributed by atoms with Gasteiger partial charge >= 0.3 is 6.03 Å². The van der Waals surface area contributed by atoms with Crippen LogP contribution in [0.15, 0.2) is 41.4 Å². The lowest BCUT2D eigenvalue weighted by Gasteiger charge is -2.25. The second-order valence-corrected chi connectivity index (χ2v) is 6.86. The fraction of sp³-hybridized carbons (Fsp3) is 0.368. The normalized spacial score (nSPS) is 27.4. The molecule has 1 aromatic rings. The first-order valence-electron chi connectivity index (χ1n) is 7.96. The molecule has 2 amide bonds. The molecule has 2 heterocycles. The van der Waals surface area contributed by atoms with E-state index in [0.29, 0.717) is 12.1 Å². The summed E-state index contributed by atoms with van der Waals surface area (Å²) in [7, 11) is 1.74. The minimum atomic E-state index is -2.03. The van der Waals surface area contributed by atoms with E-state index < -0.39 is 17.7 Å². The molecule has 4 nitrogen and oxygen atoms in total. The molecule has 0 saturated carbocycles. The number of aliphatic imine (C=N–C) groups is 1. The molecule has 0 radical (unpaired) electrons. The van der Waals surface area contributed by atoms with Crippen molar-refractivity contribution in [2.24, 2.45) is 4.99 Å². The van der Waals surface area contributed by atoms with Crippen LogP contribution in [0.3, 0.4) is 0 Å². The number of likely N-dealkylation sites (N-methyl/N-ethyl adjacent to an activating group) is 1. The van der Waals surface area contributed by atoms with E-state index in [4.69, 9.17) is 0 Å². The Labute approximate surface area is 145 Å². The predicted octanol–water partition coefficient (Wildman–Crippen LogP) is 3.00. The highest BCUT2D eigenvalue weighted by Gasteiger charge is 2.43. The van der Waals surface area contributed by atoms with Crippen LogP contribution < -0.4 is 0 Å². The maximum atomic E-state index is 14.7. The zero-order valence-electron chi connectivity index (χ0n) is 14.3. The number of carbonyl (C=O) groups excluding carboxylic acids is 1. The van der Waals surface area contributed by atoms with Gasteiger partial charge < -0.3 is 4.90 Å². The third-order valence-corrected chi connectivity index (χ3v) is 4.47. The van der Waals surface area contributed by atoms with E-state index in [0.717, 1.165) is 6.21 Å². The summed E-state index contributed by atoms with van der Waals surface area (Å²) in [5, 5.41) is 0. The predicted molar refractivity (Wildman–Crippen MR) is 92.5 cm³/mol. The molecule has 0 bridgehead atoms. The van der Waals surface area contributed by atoms with Crippen molar-refractivity contribution in [3.05, 3.63) is 47.8 Å². The smallest absolute Gasteiger partial charge is 0.321 e. The minimum Gasteiger partial charge on any atom is -0.321 e. The van der Waals surface area contributed by atoms with Gasteiger partial charge in [-0.1, -0.05) is 12.0 Å². The minimum absolute atomic E-state index is 0.144. The molecule has 1 fully saturated rings. The Morgan fingerprint density at radius 1 is 1.36 bits per heavy atom. The van der Waals surface area contributed by atoms with Crippen molar-refractivity contribution >= 4 is 12.2 Å². The van der Waals surface area contributed by atoms with Crippen LogP contribution in [0.4, 0.5) is 13.6 Å². The molecule has 0 aromatic heterocycles. The molecule has 0 aliphatic carbocycles. The van der Waals surface area contributed by atoms with Gasteiger partial charge in [-0.15, -0.1) is 0 Å². The number of hydrogen-bond acceptors (Lipinski definition) is 2. The average molecular weight is 343 g/mol. The molecule has 0 N–H and O–H groups in total. The zero-order valence-corrected chi connectivity index (χ0v) is 14.3. The van der Waals surface area contributed by atoms with Crippen molar-refractivity contribution < 1.29 is 13.6 Å². The molecule has 130 valence electrons. The van der Waals surface area contributed by atoms with Gasteiger partial charge in [-0.3, -0.25) is 9.89 Å². The highest BCUT2D eigenvalue weighted by atomic mass is 19.1. The van der Waals surface area contributed by atoms with Crippen molar-refractivity contribution in [3.8, 4) is 11.8 Å². The van der Waals surface area contributed by atoms with Gasteiger partial charge in [0, 0.05) is 19.2 Å². The monoisotopic (exact) mass is 343 g/mol. The lowest BCUT2D eigenvalue weighted by Crippen LogP contribution is -2.39. The van der Waals surface area contributed by atoms with Crippen LogP contribution in [0.1, 0.15) is 19.4 Å². The topological polar surface area (TPSA) is 35.9 Å². The SMILES string of the molecule is CN1C(=O)N(C2C=CC(F)(C#Cc3cccc(F)c3)C=N2)CC1(C)C. The Hall–Kier alpha value is -2.68. The molecule has 2 aliphatic rings. The van der Waals surface area contributed by atoms with Crippen LogP contribution in [0.2, 0.25) is 0 Å². The van der Waals surface area contributed by atoms with E-state index in [1.807, 2.05) is 13.8 Å². The zero-order chi connectivity index (χ0) is 18.2. The summed E-state index contributed by atoms with van der Waals surface area (Å²) in [4.78, 5) is 19.7. The van der Waals surface area contributed by atoms with Crippen LogP contribution in [-0.4, -0.2) is 53.0 Å². The number of carbonyl (C=O) groups is 1. The number of nitrogens with zero attached hydrogens (tertiary/aromatic N) is 3. The van der Waals surface area contributed by atoms with E-state index in [-0.39, 0.29) is 11.6 Å². The summed E-state index contributed by atoms with van der Waals surface area (Å²) < 4.78 is 27.9. The first-order chi connectivity index (χ1) is 11.7. The van der Waals surface area contributed by atoms with E-state index in [1.54, 1.807) is 22.9 Å². The number of dihydropyridines is 1. The summed E-state index contributed by atoms with van der Waals surface area (Å²) in [6.07, 6.45) is 3.38. The number of hydrogen-bond donors (Lipinski definition) is 0. The summed E-state index contributed by atoms with van der Waals surface area (Å²) in [6.45, 7) is 4.43. The molecular formula is C19H19F2N3O. The number of halogens is 2. The lowest BCUT2D eigenvalue weighted by atomic mass is 10.0. The molecular weight excluding hydrogens is 324 g/mol. The van der Waals surface area contributed by atoms with Gasteiger partial charge in [0.05, 0.1) is 11.8 Å². The second kappa shape index (κ2) is 5.99. The maximum absolute atomic E-state index is 14.7. The Morgan fingerprint density at radius 2 is 2.12 bits per heavy atom. The highest BCUT2D eigenvalue weighted by molar-refractivity contribution is 5.81. The highest BCUT2D eigenvalue weighted by Crippen LogP contribution is 2.28. The second-order valence-electron chi connectivity index (χ2n) is 6.86. The van der Waals surface area contributed by atoms with Gasteiger partial charge in [-0.25, -0.2) is 13.6 Å². The molecule has 6 heteroatoms. The fourth-order valence-electron chi connectivity index (χ4n) is 2.75. The Bertz CT molecular complexity index is 805. The third kappa shape index (κ3) is 3.41. The van der Waals surface area contributed by atoms with Gasteiger partial charge in [0.25, 0.3) is 0 Å². The average Bonchev–Trinajstić information content (AvgIpc) is 2.77. The summed E-state index contributed by atoms with van der Waals surface area (Å²) >= 11 is 0. The van der Waals surface area contributed by atoms with Gasteiger partial charge in [-0.2, -0.15) is 0 Å². The first kappa shape index (κ1) is 17.2. The maximum Gasteiger partial charge on any atom is 0.322 e. The van der Waals surface area contributed by atoms with Crippen LogP contribution in [0.25, 0.3) is 0 Å². The molecule has 1 saturated heterocycles. The molecule has 3 rings (SSSR count). The Balaban J connectivity index is 1.75. The summed E-state index contributed by atoms with van der Waals surface area (Å²) in [5.74, 6) is 4.64. The number of alkyl halides is 1. The van der Waals surface area contributed by atoms with Crippen molar-refractivity contribution in [2.45, 2.75) is 31.2 Å². The van der Waals surface area contributed by atoms with Gasteiger partial charge in [0.1, 0.15) is 12.0 Å². The van der Waals surface area contributed by atoms with Crippen LogP contribution in [-0.2, 0) is 0 Å². The Morgan fingerprint density at radius 3 is 2.68 bits per heavy atom. The van der Waals surface area contributed by atoms with Crippen LogP contribution in [0.5, 0.6) is 0 Å². The number of urea groups is 1. The van der Waals surface area contributed by atoms with Crippen molar-refractivity contribution in [3.63, 3.8) is 0 Å². The molecule has 0 spiro atoms. The molecule has 2 atom stereocenters. The van der Waals surface area contributed by atoms with E-state index >= 15 is 0 Å². The van der Waals surface area contributed by atoms with Crippen LogP contribution in [0, 0.1) is 17.7 Å². The summed E-state index contributed by atoms with van der Waals surface area (Å²) in [5.41, 5.74) is -1.95. The molecule has 2 aliphatic heterocycles. The van der Waals surface area contributed by atoms with Crippen molar-refractivity contribution in [2.75, 3.05) is 13.6 Å². The number of rotatable bonds is 1. The van der Waals surface area contributed by atoms with Gasteiger partial charge in [-0.05, 0) is 50.1 Å². The van der Waals surface area contributed by atoms with Gasteiger partial charge in [0.2, 0.25) is 5.67 Å². The molecule has 25 heavy (non-hydrogen) atoms. The van der Waals surface area contributed by atoms with Gasteiger partial charge in [0.15, 0.2) is 0 Å². The standard InChI is InChI=1S/C19H19F2N3O/c1-18(2)13-24(17(25)23(18)3)16-8-10-19(21,12-22-16)9-7-14-5-4-6-15(20)11-14/h4-6,8,10-12,16H,13H2,1-3H3. The van der Waals surface area contributed by atoms with Crippen LogP contribution >= 0.6 is 0 Å². The largest absolute Gasteiger partial charge is 0.322 e. The van der Waals surface area contributed by atoms with E-state index in [2.05, 4.69) is 16.8 Å². The molecule has 2 unspecified atom stereocenters. The van der Waals surface area contributed by atoms with E-state index in [9.17, 15) is 13.6 Å². The quantitative estimate of drug-likeness (QED) is 0.570. The fourth-order valence-corrected chi connectivity index (χ4v) is 2.75. The Kier molecular flexibility index (Phi) is 4.11. The summed E-state index contributed by atoms with van der Waals surface area (Å²) in [6, 6.07) is 5.52. The number of benzene rings is 1. The molecule has 1 aromatic carbocycles.